The summed E-state index contributed by atoms with van der Waals surface area (Å²) in [5.41, 5.74) is 9.60. The SMILES string of the molecule is CC(C)Oc1nc(NN2CCOCC2)ccc1N. The van der Waals surface area contributed by atoms with Crippen molar-refractivity contribution in [1.82, 2.24) is 9.99 Å². The van der Waals surface area contributed by atoms with Gasteiger partial charge in [0.25, 0.3) is 0 Å². The van der Waals surface area contributed by atoms with Crippen molar-refractivity contribution in [2.45, 2.75) is 20.0 Å². The number of nitrogens with two attached hydrogens (primary N) is 1. The molecule has 6 nitrogen and oxygen atoms in total. The molecule has 1 aliphatic rings. The van der Waals surface area contributed by atoms with E-state index in [9.17, 15) is 0 Å². The normalized spacial score (nSPS) is 16.8. The van der Waals surface area contributed by atoms with Crippen molar-refractivity contribution in [3.05, 3.63) is 12.1 Å². The standard InChI is InChI=1S/C12H20N4O2/c1-9(2)18-12-10(13)3-4-11(14-12)15-16-5-7-17-8-6-16/h3-4,9H,5-8,13H2,1-2H3,(H,14,15). The fraction of sp³-hybridized carbons (Fsp3) is 0.583. The van der Waals surface area contributed by atoms with E-state index in [-0.39, 0.29) is 6.10 Å². The van der Waals surface area contributed by atoms with Crippen LogP contribution in [0.4, 0.5) is 11.5 Å². The Hall–Kier alpha value is -1.53. The first-order valence-corrected chi connectivity index (χ1v) is 6.17. The lowest BCUT2D eigenvalue weighted by Gasteiger charge is -2.27. The zero-order chi connectivity index (χ0) is 13.0. The third-order valence-electron chi connectivity index (χ3n) is 2.52. The van der Waals surface area contributed by atoms with Crippen LogP contribution in [0.5, 0.6) is 5.88 Å². The molecule has 0 aromatic carbocycles. The topological polar surface area (TPSA) is 72.6 Å². The lowest BCUT2D eigenvalue weighted by atomic mass is 10.4. The maximum atomic E-state index is 5.82. The number of nitrogens with one attached hydrogen (secondary N) is 1. The van der Waals surface area contributed by atoms with Gasteiger partial charge in [-0.2, -0.15) is 4.98 Å². The maximum absolute atomic E-state index is 5.82. The van der Waals surface area contributed by atoms with Crippen LogP contribution in [-0.2, 0) is 4.74 Å². The van der Waals surface area contributed by atoms with Gasteiger partial charge < -0.3 is 20.6 Å². The number of nitrogens with zero attached hydrogens (tertiary/aromatic N) is 2. The fourth-order valence-electron chi connectivity index (χ4n) is 1.67. The molecule has 1 aromatic rings. The molecule has 0 aliphatic carbocycles. The summed E-state index contributed by atoms with van der Waals surface area (Å²) < 4.78 is 10.8. The van der Waals surface area contributed by atoms with Crippen molar-refractivity contribution in [2.24, 2.45) is 0 Å². The van der Waals surface area contributed by atoms with Crippen LogP contribution in [0.1, 0.15) is 13.8 Å². The van der Waals surface area contributed by atoms with E-state index in [1.807, 2.05) is 19.9 Å². The van der Waals surface area contributed by atoms with Gasteiger partial charge in [-0.05, 0) is 26.0 Å². The third kappa shape index (κ3) is 3.48. The highest BCUT2D eigenvalue weighted by atomic mass is 16.5. The molecule has 0 unspecified atom stereocenters. The zero-order valence-corrected chi connectivity index (χ0v) is 10.8. The number of anilines is 2. The number of hydrazine groups is 1. The molecule has 18 heavy (non-hydrogen) atoms. The molecular formula is C12H20N4O2. The number of rotatable bonds is 4. The first-order chi connectivity index (χ1) is 8.65. The summed E-state index contributed by atoms with van der Waals surface area (Å²) in [5, 5.41) is 2.07. The van der Waals surface area contributed by atoms with Crippen molar-refractivity contribution in [2.75, 3.05) is 37.5 Å². The van der Waals surface area contributed by atoms with Gasteiger partial charge in [-0.15, -0.1) is 0 Å². The molecular weight excluding hydrogens is 232 g/mol. The average molecular weight is 252 g/mol. The molecule has 0 spiro atoms. The summed E-state index contributed by atoms with van der Waals surface area (Å²) in [4.78, 5) is 4.37. The van der Waals surface area contributed by atoms with Crippen molar-refractivity contribution < 1.29 is 9.47 Å². The van der Waals surface area contributed by atoms with Gasteiger partial charge >= 0.3 is 0 Å². The van der Waals surface area contributed by atoms with Crippen LogP contribution in [0, 0.1) is 0 Å². The van der Waals surface area contributed by atoms with Crippen molar-refractivity contribution in [1.29, 1.82) is 0 Å². The van der Waals surface area contributed by atoms with E-state index in [0.29, 0.717) is 11.6 Å². The van der Waals surface area contributed by atoms with E-state index in [0.717, 1.165) is 32.1 Å². The van der Waals surface area contributed by atoms with Crippen LogP contribution in [0.3, 0.4) is 0 Å². The fourth-order valence-corrected chi connectivity index (χ4v) is 1.67. The summed E-state index contributed by atoms with van der Waals surface area (Å²) in [5.74, 6) is 1.21. The number of hydrogen-bond acceptors (Lipinski definition) is 6. The molecule has 0 amide bonds. The molecule has 1 fully saturated rings. The number of nitrogen functional groups attached to an aromatic ring is 1. The highest BCUT2D eigenvalue weighted by molar-refractivity contribution is 5.53. The molecule has 0 saturated carbocycles. The summed E-state index contributed by atoms with van der Waals surface area (Å²) in [6.07, 6.45) is 0.0541. The van der Waals surface area contributed by atoms with Crippen molar-refractivity contribution >= 4 is 11.5 Å². The van der Waals surface area contributed by atoms with E-state index in [4.69, 9.17) is 15.2 Å². The van der Waals surface area contributed by atoms with Crippen LogP contribution in [-0.4, -0.2) is 42.4 Å². The molecule has 1 saturated heterocycles. The summed E-state index contributed by atoms with van der Waals surface area (Å²) in [7, 11) is 0. The Kier molecular flexibility index (Phi) is 4.22. The van der Waals surface area contributed by atoms with Gasteiger partial charge in [-0.25, -0.2) is 5.01 Å². The molecule has 6 heteroatoms. The predicted octanol–water partition coefficient (Wildman–Crippen LogP) is 1.11. The Morgan fingerprint density at radius 2 is 2.11 bits per heavy atom. The molecule has 0 atom stereocenters. The van der Waals surface area contributed by atoms with E-state index >= 15 is 0 Å². The van der Waals surface area contributed by atoms with Gasteiger partial charge in [-0.1, -0.05) is 0 Å². The largest absolute Gasteiger partial charge is 0.473 e. The maximum Gasteiger partial charge on any atom is 0.239 e. The van der Waals surface area contributed by atoms with Gasteiger partial charge in [-0.3, -0.25) is 0 Å². The molecule has 100 valence electrons. The Morgan fingerprint density at radius 3 is 2.78 bits per heavy atom. The highest BCUT2D eigenvalue weighted by Gasteiger charge is 2.12. The van der Waals surface area contributed by atoms with E-state index in [2.05, 4.69) is 15.4 Å². The molecule has 2 rings (SSSR count). The van der Waals surface area contributed by atoms with Crippen LogP contribution < -0.4 is 15.9 Å². The second-order valence-corrected chi connectivity index (χ2v) is 4.47. The summed E-state index contributed by atoms with van der Waals surface area (Å²) in [6, 6.07) is 3.64. The van der Waals surface area contributed by atoms with Gasteiger partial charge in [0.05, 0.1) is 25.0 Å². The number of pyridine rings is 1. The predicted molar refractivity (Wildman–Crippen MR) is 70.4 cm³/mol. The van der Waals surface area contributed by atoms with Gasteiger partial charge in [0.1, 0.15) is 5.82 Å². The number of hydrogen-bond donors (Lipinski definition) is 2. The molecule has 1 aliphatic heterocycles. The second-order valence-electron chi connectivity index (χ2n) is 4.47. The summed E-state index contributed by atoms with van der Waals surface area (Å²) in [6.45, 7) is 7.04. The van der Waals surface area contributed by atoms with Gasteiger partial charge in [0.2, 0.25) is 5.88 Å². The quantitative estimate of drug-likeness (QED) is 0.836. The molecule has 0 radical (unpaired) electrons. The monoisotopic (exact) mass is 252 g/mol. The van der Waals surface area contributed by atoms with E-state index in [1.165, 1.54) is 0 Å². The Bertz CT molecular complexity index is 392. The van der Waals surface area contributed by atoms with Crippen LogP contribution in [0.25, 0.3) is 0 Å². The lowest BCUT2D eigenvalue weighted by Crippen LogP contribution is -2.40. The average Bonchev–Trinajstić information content (AvgIpc) is 2.34. The lowest BCUT2D eigenvalue weighted by molar-refractivity contribution is 0.0494. The van der Waals surface area contributed by atoms with Gasteiger partial charge in [0.15, 0.2) is 0 Å². The van der Waals surface area contributed by atoms with Crippen molar-refractivity contribution in [3.63, 3.8) is 0 Å². The zero-order valence-electron chi connectivity index (χ0n) is 10.8. The minimum atomic E-state index is 0.0541. The van der Waals surface area contributed by atoms with Crippen LogP contribution >= 0.6 is 0 Å². The second kappa shape index (κ2) is 5.88. The minimum Gasteiger partial charge on any atom is -0.473 e. The minimum absolute atomic E-state index is 0.0541. The molecule has 0 bridgehead atoms. The van der Waals surface area contributed by atoms with Crippen molar-refractivity contribution in [3.8, 4) is 5.88 Å². The number of morpholine rings is 1. The van der Waals surface area contributed by atoms with Crippen LogP contribution in [0.2, 0.25) is 0 Å². The molecule has 3 N–H and O–H groups in total. The number of aromatic nitrogens is 1. The van der Waals surface area contributed by atoms with Crippen LogP contribution in [0.15, 0.2) is 12.1 Å². The number of ether oxygens (including phenoxy) is 2. The third-order valence-corrected chi connectivity index (χ3v) is 2.52. The highest BCUT2D eigenvalue weighted by Crippen LogP contribution is 2.22. The first kappa shape index (κ1) is 12.9. The summed E-state index contributed by atoms with van der Waals surface area (Å²) >= 11 is 0. The molecule has 2 heterocycles. The smallest absolute Gasteiger partial charge is 0.239 e. The van der Waals surface area contributed by atoms with E-state index < -0.39 is 0 Å². The van der Waals surface area contributed by atoms with E-state index in [1.54, 1.807) is 6.07 Å². The molecule has 1 aromatic heterocycles. The first-order valence-electron chi connectivity index (χ1n) is 6.17. The Morgan fingerprint density at radius 1 is 1.39 bits per heavy atom. The van der Waals surface area contributed by atoms with Gasteiger partial charge in [0, 0.05) is 13.1 Å². The Balaban J connectivity index is 2.03. The Labute approximate surface area is 107 Å².